The Morgan fingerprint density at radius 3 is 2.56 bits per heavy atom. The van der Waals surface area contributed by atoms with Crippen LogP contribution in [0, 0.1) is 13.8 Å². The minimum atomic E-state index is -3.79. The SMILES string of the molecule is Cc1nn(C(C)C)c(C)c1S(=O)(=O)NC[C@](C)(O)c1cc2ccccc2s1. The number of thiophene rings is 1. The Hall–Kier alpha value is -1.74. The molecule has 0 aliphatic heterocycles. The molecule has 0 saturated carbocycles. The predicted octanol–water partition coefficient (Wildman–Crippen LogP) is 3.48. The van der Waals surface area contributed by atoms with Gasteiger partial charge in [-0.05, 0) is 52.1 Å². The van der Waals surface area contributed by atoms with E-state index in [2.05, 4.69) is 9.82 Å². The molecule has 27 heavy (non-hydrogen) atoms. The zero-order valence-electron chi connectivity index (χ0n) is 16.1. The highest BCUT2D eigenvalue weighted by Gasteiger charge is 2.31. The van der Waals surface area contributed by atoms with Crippen molar-refractivity contribution in [2.45, 2.75) is 51.2 Å². The van der Waals surface area contributed by atoms with Crippen LogP contribution in [0.4, 0.5) is 0 Å². The summed E-state index contributed by atoms with van der Waals surface area (Å²) in [5, 5.41) is 16.3. The maximum absolute atomic E-state index is 12.9. The van der Waals surface area contributed by atoms with Crippen LogP contribution < -0.4 is 4.72 Å². The second-order valence-corrected chi connectivity index (χ2v) is 10.1. The molecule has 0 bridgehead atoms. The van der Waals surface area contributed by atoms with E-state index in [1.54, 1.807) is 25.5 Å². The molecule has 2 aromatic heterocycles. The van der Waals surface area contributed by atoms with Gasteiger partial charge in [0.1, 0.15) is 10.5 Å². The Morgan fingerprint density at radius 1 is 1.30 bits per heavy atom. The molecule has 2 N–H and O–H groups in total. The van der Waals surface area contributed by atoms with Gasteiger partial charge in [0.15, 0.2) is 0 Å². The number of benzene rings is 1. The number of nitrogens with one attached hydrogen (secondary N) is 1. The first-order valence-electron chi connectivity index (χ1n) is 8.80. The molecule has 0 spiro atoms. The standard InChI is InChI=1S/C19H25N3O3S2/c1-12(2)22-14(4)18(13(3)21-22)27(24,25)20-11-19(5,23)17-10-15-8-6-7-9-16(15)26-17/h6-10,12,20,23H,11H2,1-5H3/t19-/m0/s1. The first-order chi connectivity index (χ1) is 12.5. The summed E-state index contributed by atoms with van der Waals surface area (Å²) >= 11 is 1.46. The Bertz CT molecular complexity index is 1050. The molecule has 3 rings (SSSR count). The summed E-state index contributed by atoms with van der Waals surface area (Å²) < 4.78 is 31.1. The van der Waals surface area contributed by atoms with Gasteiger partial charge in [0, 0.05) is 22.2 Å². The summed E-state index contributed by atoms with van der Waals surface area (Å²) in [4.78, 5) is 0.904. The molecule has 0 radical (unpaired) electrons. The average Bonchev–Trinajstić information content (AvgIpc) is 3.15. The highest BCUT2D eigenvalue weighted by molar-refractivity contribution is 7.89. The van der Waals surface area contributed by atoms with Crippen molar-refractivity contribution < 1.29 is 13.5 Å². The molecule has 0 amide bonds. The lowest BCUT2D eigenvalue weighted by Crippen LogP contribution is -2.38. The van der Waals surface area contributed by atoms with Crippen molar-refractivity contribution in [3.8, 4) is 0 Å². The van der Waals surface area contributed by atoms with Crippen LogP contribution in [0.5, 0.6) is 0 Å². The zero-order valence-corrected chi connectivity index (χ0v) is 17.8. The van der Waals surface area contributed by atoms with Gasteiger partial charge in [-0.25, -0.2) is 13.1 Å². The zero-order chi connectivity index (χ0) is 20.0. The maximum Gasteiger partial charge on any atom is 0.244 e. The largest absolute Gasteiger partial charge is 0.383 e. The van der Waals surface area contributed by atoms with Crippen LogP contribution in [-0.2, 0) is 15.6 Å². The molecule has 1 aromatic carbocycles. The summed E-state index contributed by atoms with van der Waals surface area (Å²) in [7, 11) is -3.79. The lowest BCUT2D eigenvalue weighted by molar-refractivity contribution is 0.0666. The smallest absolute Gasteiger partial charge is 0.244 e. The maximum atomic E-state index is 12.9. The topological polar surface area (TPSA) is 84.2 Å². The number of hydrogen-bond acceptors (Lipinski definition) is 5. The van der Waals surface area contributed by atoms with Crippen molar-refractivity contribution in [1.29, 1.82) is 0 Å². The minimum Gasteiger partial charge on any atom is -0.383 e. The van der Waals surface area contributed by atoms with Gasteiger partial charge in [-0.15, -0.1) is 11.3 Å². The van der Waals surface area contributed by atoms with E-state index >= 15 is 0 Å². The first kappa shape index (κ1) is 20.0. The van der Waals surface area contributed by atoms with Gasteiger partial charge >= 0.3 is 0 Å². The molecule has 6 nitrogen and oxygen atoms in total. The van der Waals surface area contributed by atoms with E-state index in [0.717, 1.165) is 15.0 Å². The van der Waals surface area contributed by atoms with Gasteiger partial charge in [0.05, 0.1) is 11.4 Å². The van der Waals surface area contributed by atoms with E-state index in [-0.39, 0.29) is 17.5 Å². The fraction of sp³-hybridized carbons (Fsp3) is 0.421. The van der Waals surface area contributed by atoms with Gasteiger partial charge in [0.2, 0.25) is 10.0 Å². The number of aromatic nitrogens is 2. The van der Waals surface area contributed by atoms with Crippen LogP contribution in [0.2, 0.25) is 0 Å². The van der Waals surface area contributed by atoms with Crippen LogP contribution in [0.15, 0.2) is 35.2 Å². The van der Waals surface area contributed by atoms with E-state index in [0.29, 0.717) is 11.4 Å². The molecule has 0 saturated heterocycles. The number of nitrogens with zero attached hydrogens (tertiary/aromatic N) is 2. The highest BCUT2D eigenvalue weighted by atomic mass is 32.2. The third-order valence-corrected chi connectivity index (χ3v) is 7.60. The van der Waals surface area contributed by atoms with E-state index in [9.17, 15) is 13.5 Å². The summed E-state index contributed by atoms with van der Waals surface area (Å²) in [6.07, 6.45) is 0. The normalized spacial score (nSPS) is 14.8. The van der Waals surface area contributed by atoms with Crippen LogP contribution in [0.1, 0.15) is 43.1 Å². The summed E-state index contributed by atoms with van der Waals surface area (Å²) in [6, 6.07) is 9.81. The first-order valence-corrected chi connectivity index (χ1v) is 11.1. The van der Waals surface area contributed by atoms with Crippen molar-refractivity contribution in [3.63, 3.8) is 0 Å². The fourth-order valence-corrected chi connectivity index (χ4v) is 5.82. The van der Waals surface area contributed by atoms with Crippen molar-refractivity contribution in [2.24, 2.45) is 0 Å². The van der Waals surface area contributed by atoms with Crippen LogP contribution >= 0.6 is 11.3 Å². The van der Waals surface area contributed by atoms with Gasteiger partial charge in [-0.3, -0.25) is 4.68 Å². The second kappa shape index (κ2) is 7.01. The lowest BCUT2D eigenvalue weighted by Gasteiger charge is -2.22. The van der Waals surface area contributed by atoms with Crippen molar-refractivity contribution in [3.05, 3.63) is 46.6 Å². The van der Waals surface area contributed by atoms with E-state index in [4.69, 9.17) is 0 Å². The number of sulfonamides is 1. The molecule has 2 heterocycles. The fourth-order valence-electron chi connectivity index (χ4n) is 3.18. The van der Waals surface area contributed by atoms with Gasteiger partial charge in [-0.2, -0.15) is 5.10 Å². The third-order valence-electron chi connectivity index (χ3n) is 4.58. The molecule has 3 aromatic rings. The monoisotopic (exact) mass is 407 g/mol. The summed E-state index contributed by atoms with van der Waals surface area (Å²) in [5.74, 6) is 0. The summed E-state index contributed by atoms with van der Waals surface area (Å²) in [6.45, 7) is 8.85. The van der Waals surface area contributed by atoms with Crippen molar-refractivity contribution >= 4 is 31.4 Å². The molecule has 146 valence electrons. The molecule has 0 aliphatic rings. The second-order valence-electron chi connectivity index (χ2n) is 7.29. The van der Waals surface area contributed by atoms with Crippen molar-refractivity contribution in [2.75, 3.05) is 6.54 Å². The van der Waals surface area contributed by atoms with Gasteiger partial charge in [-0.1, -0.05) is 18.2 Å². The molecule has 0 fully saturated rings. The van der Waals surface area contributed by atoms with Crippen LogP contribution in [0.3, 0.4) is 0 Å². The number of aryl methyl sites for hydroxylation is 1. The van der Waals surface area contributed by atoms with E-state index < -0.39 is 15.6 Å². The van der Waals surface area contributed by atoms with Crippen molar-refractivity contribution in [1.82, 2.24) is 14.5 Å². The molecule has 1 atom stereocenters. The number of aliphatic hydroxyl groups is 1. The average molecular weight is 408 g/mol. The Kier molecular flexibility index (Phi) is 5.20. The minimum absolute atomic E-state index is 0.0642. The third kappa shape index (κ3) is 3.80. The molecular weight excluding hydrogens is 382 g/mol. The quantitative estimate of drug-likeness (QED) is 0.655. The Morgan fingerprint density at radius 2 is 1.96 bits per heavy atom. The molecule has 0 unspecified atom stereocenters. The van der Waals surface area contributed by atoms with E-state index in [1.165, 1.54) is 11.3 Å². The van der Waals surface area contributed by atoms with Crippen LogP contribution in [0.25, 0.3) is 10.1 Å². The number of rotatable bonds is 6. The van der Waals surface area contributed by atoms with Gasteiger partial charge < -0.3 is 5.11 Å². The van der Waals surface area contributed by atoms with E-state index in [1.807, 2.05) is 44.2 Å². The lowest BCUT2D eigenvalue weighted by atomic mass is 10.1. The Balaban J connectivity index is 1.86. The number of hydrogen-bond donors (Lipinski definition) is 2. The van der Waals surface area contributed by atoms with Gasteiger partial charge in [0.25, 0.3) is 0 Å². The number of fused-ring (bicyclic) bond motifs is 1. The Labute approximate surface area is 163 Å². The predicted molar refractivity (Wildman–Crippen MR) is 109 cm³/mol. The molecule has 0 aliphatic carbocycles. The van der Waals surface area contributed by atoms with Crippen LogP contribution in [-0.4, -0.2) is 29.8 Å². The molecular formula is C19H25N3O3S2. The highest BCUT2D eigenvalue weighted by Crippen LogP contribution is 2.33. The summed E-state index contributed by atoms with van der Waals surface area (Å²) in [5.41, 5.74) is -0.265. The molecule has 8 heteroatoms.